The third-order valence-corrected chi connectivity index (χ3v) is 4.01. The summed E-state index contributed by atoms with van der Waals surface area (Å²) in [5.74, 6) is -0.968. The van der Waals surface area contributed by atoms with Crippen LogP contribution in [-0.2, 0) is 4.79 Å². The number of anilines is 2. The van der Waals surface area contributed by atoms with E-state index in [4.69, 9.17) is 0 Å². The van der Waals surface area contributed by atoms with Gasteiger partial charge in [0.2, 0.25) is 11.8 Å². The van der Waals surface area contributed by atoms with Crippen LogP contribution in [0.1, 0.15) is 30.1 Å². The van der Waals surface area contributed by atoms with E-state index in [0.29, 0.717) is 24.2 Å². The van der Waals surface area contributed by atoms with Gasteiger partial charge in [0.1, 0.15) is 6.04 Å². The number of ether oxygens (including phenoxy) is 1. The molecule has 136 valence electrons. The Morgan fingerprint density at radius 3 is 2.73 bits per heavy atom. The summed E-state index contributed by atoms with van der Waals surface area (Å²) in [5.41, 5.74) is 1.31. The van der Waals surface area contributed by atoms with Crippen molar-refractivity contribution in [1.82, 2.24) is 4.98 Å². The number of benzene rings is 1. The summed E-state index contributed by atoms with van der Waals surface area (Å²) in [6.45, 7) is -1.07. The van der Waals surface area contributed by atoms with Crippen molar-refractivity contribution >= 4 is 23.2 Å². The number of alkyl halides is 2. The van der Waals surface area contributed by atoms with Crippen molar-refractivity contribution in [2.45, 2.75) is 32.4 Å². The van der Waals surface area contributed by atoms with E-state index in [1.807, 2.05) is 6.92 Å². The topological polar surface area (TPSA) is 71.5 Å². The lowest BCUT2D eigenvalue weighted by Crippen LogP contribution is -2.51. The number of hydrogen-bond donors (Lipinski definition) is 1. The van der Waals surface area contributed by atoms with Crippen molar-refractivity contribution in [2.75, 3.05) is 10.2 Å². The fourth-order valence-corrected chi connectivity index (χ4v) is 2.88. The van der Waals surface area contributed by atoms with Crippen molar-refractivity contribution < 1.29 is 23.1 Å². The number of halogens is 2. The standard InChI is InChI=1S/C18H17F2N3O3/c1-2-5-14-16(24)22-12-6-3-4-7-13(12)23(14)17(25)11-8-9-15(21-10-11)26-18(19)20/h3-4,6-10,14,18H,2,5H2,1H3,(H,22,24). The fraction of sp³-hybridized carbons (Fsp3) is 0.278. The molecule has 0 aliphatic carbocycles. The van der Waals surface area contributed by atoms with E-state index in [0.717, 1.165) is 6.20 Å². The van der Waals surface area contributed by atoms with Crippen LogP contribution >= 0.6 is 0 Å². The molecule has 2 amide bonds. The van der Waals surface area contributed by atoms with Crippen LogP contribution in [0.2, 0.25) is 0 Å². The van der Waals surface area contributed by atoms with Gasteiger partial charge in [0.15, 0.2) is 0 Å². The number of carbonyl (C=O) groups is 2. The minimum atomic E-state index is -2.99. The molecule has 8 heteroatoms. The Morgan fingerprint density at radius 2 is 2.08 bits per heavy atom. The van der Waals surface area contributed by atoms with Gasteiger partial charge >= 0.3 is 6.61 Å². The predicted octanol–water partition coefficient (Wildman–Crippen LogP) is 3.45. The molecular weight excluding hydrogens is 344 g/mol. The SMILES string of the molecule is CCCC1C(=O)Nc2ccccc2N1C(=O)c1ccc(OC(F)F)nc1. The molecule has 0 fully saturated rings. The van der Waals surface area contributed by atoms with Crippen LogP contribution in [0.15, 0.2) is 42.6 Å². The normalized spacial score (nSPS) is 16.2. The highest BCUT2D eigenvalue weighted by molar-refractivity contribution is 6.16. The molecule has 0 saturated heterocycles. The van der Waals surface area contributed by atoms with Gasteiger partial charge in [0.05, 0.1) is 16.9 Å². The lowest BCUT2D eigenvalue weighted by molar-refractivity contribution is -0.117. The Bertz CT molecular complexity index is 812. The Balaban J connectivity index is 1.95. The number of carbonyl (C=O) groups excluding carboxylic acids is 2. The first-order valence-corrected chi connectivity index (χ1v) is 8.15. The Hall–Kier alpha value is -3.03. The van der Waals surface area contributed by atoms with E-state index in [-0.39, 0.29) is 17.4 Å². The third-order valence-electron chi connectivity index (χ3n) is 4.01. The number of pyridine rings is 1. The molecule has 2 aromatic rings. The summed E-state index contributed by atoms with van der Waals surface area (Å²) in [5, 5.41) is 2.81. The van der Waals surface area contributed by atoms with E-state index in [2.05, 4.69) is 15.0 Å². The molecule has 0 radical (unpaired) electrons. The second kappa shape index (κ2) is 7.47. The first kappa shape index (κ1) is 17.8. The molecule has 1 aliphatic heterocycles. The lowest BCUT2D eigenvalue weighted by atomic mass is 10.0. The maximum Gasteiger partial charge on any atom is 0.388 e. The number of amides is 2. The van der Waals surface area contributed by atoms with Gasteiger partial charge in [-0.05, 0) is 24.6 Å². The molecule has 0 saturated carbocycles. The first-order valence-electron chi connectivity index (χ1n) is 8.15. The van der Waals surface area contributed by atoms with Crippen molar-refractivity contribution in [3.05, 3.63) is 48.2 Å². The highest BCUT2D eigenvalue weighted by atomic mass is 19.3. The van der Waals surface area contributed by atoms with Gasteiger partial charge in [0.25, 0.3) is 5.91 Å². The average molecular weight is 361 g/mol. The van der Waals surface area contributed by atoms with Gasteiger partial charge in [-0.15, -0.1) is 0 Å². The van der Waals surface area contributed by atoms with Gasteiger partial charge in [-0.25, -0.2) is 4.98 Å². The highest BCUT2D eigenvalue weighted by Gasteiger charge is 2.36. The van der Waals surface area contributed by atoms with Crippen LogP contribution in [0, 0.1) is 0 Å². The van der Waals surface area contributed by atoms with Gasteiger partial charge in [-0.3, -0.25) is 14.5 Å². The quantitative estimate of drug-likeness (QED) is 0.885. The molecule has 1 aromatic heterocycles. The maximum absolute atomic E-state index is 13.0. The Labute approximate surface area is 148 Å². The van der Waals surface area contributed by atoms with Crippen LogP contribution in [0.4, 0.5) is 20.2 Å². The summed E-state index contributed by atoms with van der Waals surface area (Å²) in [6, 6.07) is 8.90. The zero-order valence-corrected chi connectivity index (χ0v) is 14.0. The van der Waals surface area contributed by atoms with Crippen LogP contribution < -0.4 is 15.0 Å². The van der Waals surface area contributed by atoms with E-state index < -0.39 is 18.6 Å². The molecule has 2 heterocycles. The molecule has 1 atom stereocenters. The van der Waals surface area contributed by atoms with Crippen LogP contribution in [0.25, 0.3) is 0 Å². The number of aromatic nitrogens is 1. The maximum atomic E-state index is 13.0. The van der Waals surface area contributed by atoms with Crippen LogP contribution in [0.3, 0.4) is 0 Å². The summed E-state index contributed by atoms with van der Waals surface area (Å²) in [6.07, 6.45) is 2.37. The van der Waals surface area contributed by atoms with Gasteiger partial charge in [-0.1, -0.05) is 25.5 Å². The highest BCUT2D eigenvalue weighted by Crippen LogP contribution is 2.34. The minimum absolute atomic E-state index is 0.178. The van der Waals surface area contributed by atoms with E-state index in [9.17, 15) is 18.4 Å². The summed E-state index contributed by atoms with van der Waals surface area (Å²) in [7, 11) is 0. The predicted molar refractivity (Wildman–Crippen MR) is 91.4 cm³/mol. The molecule has 26 heavy (non-hydrogen) atoms. The number of nitrogens with one attached hydrogen (secondary N) is 1. The number of nitrogens with zero attached hydrogens (tertiary/aromatic N) is 2. The molecule has 6 nitrogen and oxygen atoms in total. The number of rotatable bonds is 5. The molecule has 1 N–H and O–H groups in total. The van der Waals surface area contributed by atoms with E-state index >= 15 is 0 Å². The second-order valence-electron chi connectivity index (χ2n) is 5.75. The fourth-order valence-electron chi connectivity index (χ4n) is 2.88. The minimum Gasteiger partial charge on any atom is -0.417 e. The largest absolute Gasteiger partial charge is 0.417 e. The smallest absolute Gasteiger partial charge is 0.388 e. The molecule has 1 unspecified atom stereocenters. The van der Waals surface area contributed by atoms with Crippen LogP contribution in [0.5, 0.6) is 5.88 Å². The van der Waals surface area contributed by atoms with Crippen LogP contribution in [-0.4, -0.2) is 29.5 Å². The summed E-state index contributed by atoms with van der Waals surface area (Å²) >= 11 is 0. The van der Waals surface area contributed by atoms with Gasteiger partial charge < -0.3 is 10.1 Å². The Morgan fingerprint density at radius 1 is 1.31 bits per heavy atom. The monoisotopic (exact) mass is 361 g/mol. The van der Waals surface area contributed by atoms with Crippen molar-refractivity contribution in [3.8, 4) is 5.88 Å². The third kappa shape index (κ3) is 3.49. The molecular formula is C18H17F2N3O3. The first-order chi connectivity index (χ1) is 12.5. The lowest BCUT2D eigenvalue weighted by Gasteiger charge is -2.36. The molecule has 1 aliphatic rings. The Kier molecular flexibility index (Phi) is 5.11. The van der Waals surface area contributed by atoms with Crippen molar-refractivity contribution in [3.63, 3.8) is 0 Å². The van der Waals surface area contributed by atoms with E-state index in [1.165, 1.54) is 17.0 Å². The zero-order valence-electron chi connectivity index (χ0n) is 14.0. The van der Waals surface area contributed by atoms with E-state index in [1.54, 1.807) is 24.3 Å². The average Bonchev–Trinajstić information content (AvgIpc) is 2.62. The van der Waals surface area contributed by atoms with Crippen molar-refractivity contribution in [1.29, 1.82) is 0 Å². The van der Waals surface area contributed by atoms with Gasteiger partial charge in [-0.2, -0.15) is 8.78 Å². The second-order valence-corrected chi connectivity index (χ2v) is 5.75. The number of hydrogen-bond acceptors (Lipinski definition) is 4. The summed E-state index contributed by atoms with van der Waals surface area (Å²) in [4.78, 5) is 30.7. The molecule has 1 aromatic carbocycles. The number of para-hydroxylation sites is 2. The van der Waals surface area contributed by atoms with Gasteiger partial charge in [0, 0.05) is 12.3 Å². The number of fused-ring (bicyclic) bond motifs is 1. The van der Waals surface area contributed by atoms with Crippen molar-refractivity contribution in [2.24, 2.45) is 0 Å². The zero-order chi connectivity index (χ0) is 18.7. The molecule has 0 spiro atoms. The summed E-state index contributed by atoms with van der Waals surface area (Å²) < 4.78 is 28.7. The molecule has 3 rings (SSSR count). The molecule has 0 bridgehead atoms.